The maximum Gasteiger partial charge on any atom is 0.229 e. The third kappa shape index (κ3) is 5.21. The van der Waals surface area contributed by atoms with E-state index in [-0.39, 0.29) is 0 Å². The van der Waals surface area contributed by atoms with Crippen LogP contribution < -0.4 is 10.6 Å². The maximum absolute atomic E-state index is 8.89. The van der Waals surface area contributed by atoms with Crippen molar-refractivity contribution < 1.29 is 0 Å². The second-order valence-corrected chi connectivity index (χ2v) is 7.08. The molecule has 1 heterocycles. The van der Waals surface area contributed by atoms with Crippen LogP contribution in [0.25, 0.3) is 0 Å². The molecule has 27 heavy (non-hydrogen) atoms. The van der Waals surface area contributed by atoms with Gasteiger partial charge in [-0.1, -0.05) is 25.7 Å². The van der Waals surface area contributed by atoms with Crippen LogP contribution in [0.1, 0.15) is 50.7 Å². The van der Waals surface area contributed by atoms with Gasteiger partial charge in [-0.25, -0.2) is 4.98 Å². The van der Waals surface area contributed by atoms with Crippen LogP contribution >= 0.6 is 0 Å². The van der Waals surface area contributed by atoms with Gasteiger partial charge in [0.15, 0.2) is 0 Å². The number of nitriles is 1. The third-order valence-electron chi connectivity index (χ3n) is 4.71. The summed E-state index contributed by atoms with van der Waals surface area (Å²) in [5, 5.41) is 15.4. The molecule has 1 aromatic heterocycles. The summed E-state index contributed by atoms with van der Waals surface area (Å²) in [6, 6.07) is 9.33. The Morgan fingerprint density at radius 2 is 2.04 bits per heavy atom. The minimum absolute atomic E-state index is 0.482. The topological polar surface area (TPSA) is 73.6 Å². The number of anilines is 3. The first kappa shape index (κ1) is 18.7. The first-order valence-corrected chi connectivity index (χ1v) is 9.57. The quantitative estimate of drug-likeness (QED) is 0.757. The molecule has 1 aliphatic rings. The van der Waals surface area contributed by atoms with Crippen molar-refractivity contribution in [1.29, 1.82) is 5.26 Å². The molecule has 0 saturated heterocycles. The molecule has 1 saturated carbocycles. The van der Waals surface area contributed by atoms with Crippen molar-refractivity contribution in [3.8, 4) is 17.9 Å². The normalized spacial score (nSPS) is 18.3. The Hall–Kier alpha value is -3.05. The summed E-state index contributed by atoms with van der Waals surface area (Å²) >= 11 is 0. The van der Waals surface area contributed by atoms with Gasteiger partial charge in [-0.05, 0) is 55.9 Å². The largest absolute Gasteiger partial charge is 0.369 e. The third-order valence-corrected chi connectivity index (χ3v) is 4.71. The molecule has 5 nitrogen and oxygen atoms in total. The van der Waals surface area contributed by atoms with E-state index in [0.29, 0.717) is 17.4 Å². The SMILES string of the molecule is CCCNc1nc(Nc2ccc(C#N)cc2)ncc1C#C[C@@H]1CCC(C)C1. The second-order valence-electron chi connectivity index (χ2n) is 7.08. The van der Waals surface area contributed by atoms with E-state index in [0.717, 1.165) is 36.0 Å². The molecule has 0 aliphatic heterocycles. The highest BCUT2D eigenvalue weighted by molar-refractivity contribution is 5.60. The van der Waals surface area contributed by atoms with Gasteiger partial charge in [0.25, 0.3) is 0 Å². The molecule has 2 aromatic rings. The van der Waals surface area contributed by atoms with Crippen LogP contribution in [0.15, 0.2) is 30.5 Å². The number of nitrogens with one attached hydrogen (secondary N) is 2. The van der Waals surface area contributed by atoms with Crippen molar-refractivity contribution in [1.82, 2.24) is 9.97 Å². The average molecular weight is 359 g/mol. The lowest BCUT2D eigenvalue weighted by Crippen LogP contribution is -2.07. The number of hydrogen-bond donors (Lipinski definition) is 2. The van der Waals surface area contributed by atoms with Gasteiger partial charge >= 0.3 is 0 Å². The predicted octanol–water partition coefficient (Wildman–Crippen LogP) is 4.70. The molecule has 138 valence electrons. The summed E-state index contributed by atoms with van der Waals surface area (Å²) < 4.78 is 0. The van der Waals surface area contributed by atoms with E-state index in [1.54, 1.807) is 18.3 Å². The molecule has 0 spiro atoms. The summed E-state index contributed by atoms with van der Waals surface area (Å²) in [4.78, 5) is 9.02. The molecule has 0 amide bonds. The van der Waals surface area contributed by atoms with Gasteiger partial charge in [-0.2, -0.15) is 10.2 Å². The zero-order valence-electron chi connectivity index (χ0n) is 15.9. The highest BCUT2D eigenvalue weighted by Gasteiger charge is 2.19. The standard InChI is InChI=1S/C22H25N5/c1-3-12-24-21-19(9-6-17-5-4-16(2)13-17)15-25-22(27-21)26-20-10-7-18(14-23)8-11-20/h7-8,10-11,15-17H,3-5,12-13H2,1-2H3,(H2,24,25,26,27)/t16?,17-/m0/s1. The number of nitrogens with zero attached hydrogens (tertiary/aromatic N) is 3. The van der Waals surface area contributed by atoms with Crippen LogP contribution in [-0.2, 0) is 0 Å². The Kier molecular flexibility index (Phi) is 6.28. The van der Waals surface area contributed by atoms with Crippen molar-refractivity contribution in [2.24, 2.45) is 11.8 Å². The van der Waals surface area contributed by atoms with E-state index < -0.39 is 0 Å². The number of hydrogen-bond acceptors (Lipinski definition) is 5. The van der Waals surface area contributed by atoms with E-state index in [2.05, 4.69) is 52.4 Å². The van der Waals surface area contributed by atoms with Crippen LogP contribution in [-0.4, -0.2) is 16.5 Å². The Morgan fingerprint density at radius 1 is 1.22 bits per heavy atom. The number of aromatic nitrogens is 2. The van der Waals surface area contributed by atoms with Crippen molar-refractivity contribution in [3.05, 3.63) is 41.6 Å². The molecule has 1 fully saturated rings. The van der Waals surface area contributed by atoms with Gasteiger partial charge in [0.05, 0.1) is 23.4 Å². The Labute approximate surface area is 161 Å². The van der Waals surface area contributed by atoms with Gasteiger partial charge in [0.2, 0.25) is 5.95 Å². The lowest BCUT2D eigenvalue weighted by atomic mass is 10.1. The smallest absolute Gasteiger partial charge is 0.229 e. The van der Waals surface area contributed by atoms with Crippen molar-refractivity contribution in [3.63, 3.8) is 0 Å². The van der Waals surface area contributed by atoms with Gasteiger partial charge in [0, 0.05) is 18.2 Å². The minimum atomic E-state index is 0.482. The lowest BCUT2D eigenvalue weighted by Gasteiger charge is -2.10. The fourth-order valence-corrected chi connectivity index (χ4v) is 3.19. The Bertz CT molecular complexity index is 870. The molecule has 0 bridgehead atoms. The zero-order valence-corrected chi connectivity index (χ0v) is 15.9. The van der Waals surface area contributed by atoms with Crippen LogP contribution in [0.4, 0.5) is 17.5 Å². The summed E-state index contributed by atoms with van der Waals surface area (Å²) in [7, 11) is 0. The predicted molar refractivity (Wildman–Crippen MR) is 109 cm³/mol. The molecule has 1 unspecified atom stereocenters. The monoisotopic (exact) mass is 359 g/mol. The van der Waals surface area contributed by atoms with Gasteiger partial charge < -0.3 is 10.6 Å². The number of benzene rings is 1. The average Bonchev–Trinajstić information content (AvgIpc) is 3.11. The maximum atomic E-state index is 8.89. The zero-order chi connectivity index (χ0) is 19.1. The Morgan fingerprint density at radius 3 is 2.70 bits per heavy atom. The first-order valence-electron chi connectivity index (χ1n) is 9.57. The van der Waals surface area contributed by atoms with Crippen LogP contribution in [0.3, 0.4) is 0 Å². The minimum Gasteiger partial charge on any atom is -0.369 e. The van der Waals surface area contributed by atoms with E-state index in [9.17, 15) is 0 Å². The molecule has 3 rings (SSSR count). The van der Waals surface area contributed by atoms with Crippen molar-refractivity contribution in [2.75, 3.05) is 17.2 Å². The van der Waals surface area contributed by atoms with Gasteiger partial charge in [-0.3, -0.25) is 0 Å². The molecular formula is C22H25N5. The summed E-state index contributed by atoms with van der Waals surface area (Å²) in [5.41, 5.74) is 2.31. The van der Waals surface area contributed by atoms with Crippen LogP contribution in [0.2, 0.25) is 0 Å². The van der Waals surface area contributed by atoms with E-state index in [1.165, 1.54) is 19.3 Å². The summed E-state index contributed by atoms with van der Waals surface area (Å²) in [6.45, 7) is 5.25. The van der Waals surface area contributed by atoms with E-state index in [1.807, 2.05) is 12.1 Å². The highest BCUT2D eigenvalue weighted by atomic mass is 15.1. The van der Waals surface area contributed by atoms with E-state index in [4.69, 9.17) is 5.26 Å². The van der Waals surface area contributed by atoms with Crippen molar-refractivity contribution >= 4 is 17.5 Å². The number of rotatable bonds is 5. The van der Waals surface area contributed by atoms with Gasteiger partial charge in [-0.15, -0.1) is 0 Å². The molecule has 2 atom stereocenters. The molecular weight excluding hydrogens is 334 g/mol. The first-order chi connectivity index (χ1) is 13.2. The van der Waals surface area contributed by atoms with E-state index >= 15 is 0 Å². The Balaban J connectivity index is 1.78. The van der Waals surface area contributed by atoms with Gasteiger partial charge in [0.1, 0.15) is 5.82 Å². The molecule has 1 aromatic carbocycles. The van der Waals surface area contributed by atoms with Crippen LogP contribution in [0.5, 0.6) is 0 Å². The molecule has 5 heteroatoms. The van der Waals surface area contributed by atoms with Crippen molar-refractivity contribution in [2.45, 2.75) is 39.5 Å². The lowest BCUT2D eigenvalue weighted by molar-refractivity contribution is 0.592. The second kappa shape index (κ2) is 9.05. The summed E-state index contributed by atoms with van der Waals surface area (Å²) in [6.07, 6.45) is 6.43. The highest BCUT2D eigenvalue weighted by Crippen LogP contribution is 2.29. The molecule has 2 N–H and O–H groups in total. The summed E-state index contributed by atoms with van der Waals surface area (Å²) in [5.74, 6) is 9.23. The fourth-order valence-electron chi connectivity index (χ4n) is 3.19. The van der Waals surface area contributed by atoms with Crippen LogP contribution in [0, 0.1) is 35.0 Å². The molecule has 0 radical (unpaired) electrons. The molecule has 1 aliphatic carbocycles. The fraction of sp³-hybridized carbons (Fsp3) is 0.409.